The third-order valence-corrected chi connectivity index (χ3v) is 10.2. The summed E-state index contributed by atoms with van der Waals surface area (Å²) in [7, 11) is 2.00. The maximum atomic E-state index is 9.17. The fourth-order valence-corrected chi connectivity index (χ4v) is 7.21. The van der Waals surface area contributed by atoms with E-state index in [9.17, 15) is 5.26 Å². The molecule has 0 spiro atoms. The second-order valence-electron chi connectivity index (χ2n) is 13.8. The predicted octanol–water partition coefficient (Wildman–Crippen LogP) is 8.87. The lowest BCUT2D eigenvalue weighted by atomic mass is 9.86. The Morgan fingerprint density at radius 3 is 1.92 bits per heavy atom. The Balaban J connectivity index is 0.000000165. The predicted molar refractivity (Wildman–Crippen MR) is 228 cm³/mol. The van der Waals surface area contributed by atoms with Crippen molar-refractivity contribution >= 4 is 22.5 Å². The third-order valence-electron chi connectivity index (χ3n) is 10.2. The Labute approximate surface area is 342 Å². The number of rotatable bonds is 11. The molecule has 0 radical (unpaired) electrons. The zero-order valence-electron chi connectivity index (χ0n) is 32.3. The van der Waals surface area contributed by atoms with Crippen molar-refractivity contribution in [1.29, 1.82) is 5.26 Å². The molecule has 2 unspecified atom stereocenters. The van der Waals surface area contributed by atoms with Crippen molar-refractivity contribution in [2.75, 3.05) is 11.9 Å². The summed E-state index contributed by atoms with van der Waals surface area (Å²) in [5, 5.41) is 9.17. The average Bonchev–Trinajstić information content (AvgIpc) is 3.75. The van der Waals surface area contributed by atoms with E-state index in [1.807, 2.05) is 134 Å². The SMILES string of the molecule is CN(c1cccnc1)c1ncccc1CC(c1cccnc1)c1cnccn1.N#Cc1ccc(C(Cc2cccnc2-n2cnc3ccccc32)c2cccnc2)cc1. The van der Waals surface area contributed by atoms with E-state index < -0.39 is 0 Å². The Morgan fingerprint density at radius 1 is 0.559 bits per heavy atom. The minimum atomic E-state index is 0.0349. The first kappa shape index (κ1) is 37.9. The molecular formula is C48H39N11. The summed E-state index contributed by atoms with van der Waals surface area (Å²) in [6.45, 7) is 0. The molecular weight excluding hydrogens is 731 g/mol. The van der Waals surface area contributed by atoms with E-state index in [4.69, 9.17) is 4.98 Å². The van der Waals surface area contributed by atoms with Crippen LogP contribution in [-0.4, -0.2) is 51.5 Å². The highest BCUT2D eigenvalue weighted by molar-refractivity contribution is 5.77. The summed E-state index contributed by atoms with van der Waals surface area (Å²) in [4.78, 5) is 37.6. The van der Waals surface area contributed by atoms with E-state index >= 15 is 0 Å². The number of nitrogens with zero attached hydrogens (tertiary/aromatic N) is 11. The lowest BCUT2D eigenvalue weighted by Crippen LogP contribution is -2.16. The maximum Gasteiger partial charge on any atom is 0.141 e. The number of fused-ring (bicyclic) bond motifs is 1. The molecule has 2 aromatic carbocycles. The van der Waals surface area contributed by atoms with E-state index in [0.717, 1.165) is 74.7 Å². The second-order valence-corrected chi connectivity index (χ2v) is 13.8. The van der Waals surface area contributed by atoms with Gasteiger partial charge >= 0.3 is 0 Å². The Morgan fingerprint density at radius 2 is 1.22 bits per heavy atom. The normalized spacial score (nSPS) is 11.8. The van der Waals surface area contributed by atoms with Gasteiger partial charge in [0.05, 0.1) is 40.2 Å². The quantitative estimate of drug-likeness (QED) is 0.126. The minimum absolute atomic E-state index is 0.0349. The van der Waals surface area contributed by atoms with Gasteiger partial charge in [-0.05, 0) is 101 Å². The smallest absolute Gasteiger partial charge is 0.141 e. The highest BCUT2D eigenvalue weighted by Gasteiger charge is 2.22. The summed E-state index contributed by atoms with van der Waals surface area (Å²) in [5.74, 6) is 1.89. The van der Waals surface area contributed by atoms with E-state index in [0.29, 0.717) is 5.56 Å². The van der Waals surface area contributed by atoms with Crippen LogP contribution in [0.15, 0.2) is 184 Å². The zero-order valence-corrected chi connectivity index (χ0v) is 32.3. The van der Waals surface area contributed by atoms with Crippen LogP contribution in [0.2, 0.25) is 0 Å². The van der Waals surface area contributed by atoms with Crippen molar-refractivity contribution in [3.63, 3.8) is 0 Å². The number of hydrogen-bond donors (Lipinski definition) is 0. The Hall–Kier alpha value is -7.97. The van der Waals surface area contributed by atoms with Gasteiger partial charge in [-0.1, -0.05) is 48.5 Å². The molecule has 2 atom stereocenters. The first-order chi connectivity index (χ1) is 29.2. The second kappa shape index (κ2) is 18.3. The largest absolute Gasteiger partial charge is 0.328 e. The molecule has 9 aromatic rings. The number of benzene rings is 2. The van der Waals surface area contributed by atoms with E-state index in [-0.39, 0.29) is 11.8 Å². The summed E-state index contributed by atoms with van der Waals surface area (Å²) < 4.78 is 2.05. The van der Waals surface area contributed by atoms with Crippen LogP contribution in [0, 0.1) is 11.3 Å². The number of anilines is 2. The molecule has 0 fully saturated rings. The average molecular weight is 770 g/mol. The standard InChI is InChI=1S/C26H19N5.C22H20N6/c27-16-19-9-11-20(12-10-19)23(22-6-3-13-28-17-22)15-21-5-4-14-29-26(21)31-18-30-24-7-1-2-8-25(24)31;1-28(19-7-4-9-24-15-19)22-17(5-3-10-27-22)13-20(18-6-2-8-23-14-18)21-16-25-11-12-26-21/h1-14,17-18,23H,15H2;2-12,14-16,20H,13H2,1H3. The van der Waals surface area contributed by atoms with Crippen molar-refractivity contribution in [3.8, 4) is 11.9 Å². The summed E-state index contributed by atoms with van der Waals surface area (Å²) in [6.07, 6.45) is 23.1. The van der Waals surface area contributed by atoms with E-state index in [2.05, 4.69) is 76.2 Å². The molecule has 9 rings (SSSR count). The van der Waals surface area contributed by atoms with Gasteiger partial charge in [0.2, 0.25) is 0 Å². The van der Waals surface area contributed by atoms with Gasteiger partial charge in [0.25, 0.3) is 0 Å². The highest BCUT2D eigenvalue weighted by atomic mass is 15.2. The molecule has 0 amide bonds. The number of aromatic nitrogens is 9. The van der Waals surface area contributed by atoms with Gasteiger partial charge in [-0.3, -0.25) is 29.5 Å². The molecule has 0 N–H and O–H groups in total. The lowest BCUT2D eigenvalue weighted by Gasteiger charge is -2.23. The van der Waals surface area contributed by atoms with E-state index in [1.54, 1.807) is 31.0 Å². The van der Waals surface area contributed by atoms with Gasteiger partial charge in [-0.15, -0.1) is 0 Å². The zero-order chi connectivity index (χ0) is 40.2. The molecule has 0 aliphatic rings. The van der Waals surface area contributed by atoms with Crippen molar-refractivity contribution in [1.82, 2.24) is 44.4 Å². The molecule has 7 aromatic heterocycles. The number of hydrogen-bond acceptors (Lipinski definition) is 10. The number of imidazole rings is 1. The van der Waals surface area contributed by atoms with Gasteiger partial charge in [0.15, 0.2) is 0 Å². The number of para-hydroxylation sites is 2. The fourth-order valence-electron chi connectivity index (χ4n) is 7.21. The van der Waals surface area contributed by atoms with Crippen molar-refractivity contribution in [3.05, 3.63) is 223 Å². The van der Waals surface area contributed by atoms with E-state index in [1.165, 1.54) is 0 Å². The first-order valence-corrected chi connectivity index (χ1v) is 19.2. The highest BCUT2D eigenvalue weighted by Crippen LogP contribution is 2.33. The summed E-state index contributed by atoms with van der Waals surface area (Å²) >= 11 is 0. The third kappa shape index (κ3) is 8.88. The molecule has 0 bridgehead atoms. The maximum absolute atomic E-state index is 9.17. The fraction of sp³-hybridized carbons (Fsp3) is 0.104. The van der Waals surface area contributed by atoms with Gasteiger partial charge in [-0.2, -0.15) is 5.26 Å². The van der Waals surface area contributed by atoms with Gasteiger partial charge in [0.1, 0.15) is 18.0 Å². The van der Waals surface area contributed by atoms with Crippen LogP contribution in [-0.2, 0) is 12.8 Å². The molecule has 7 heterocycles. The van der Waals surface area contributed by atoms with Gasteiger partial charge in [0, 0.05) is 80.9 Å². The van der Waals surface area contributed by atoms with Crippen molar-refractivity contribution < 1.29 is 0 Å². The molecule has 59 heavy (non-hydrogen) atoms. The van der Waals surface area contributed by atoms with Crippen LogP contribution in [0.1, 0.15) is 50.9 Å². The van der Waals surface area contributed by atoms with Crippen molar-refractivity contribution in [2.45, 2.75) is 24.7 Å². The molecule has 11 heteroatoms. The van der Waals surface area contributed by atoms with Crippen molar-refractivity contribution in [2.24, 2.45) is 0 Å². The molecule has 0 saturated carbocycles. The summed E-state index contributed by atoms with van der Waals surface area (Å²) in [5.41, 5.74) is 10.1. The topological polar surface area (TPSA) is 135 Å². The van der Waals surface area contributed by atoms with Gasteiger partial charge in [-0.25, -0.2) is 15.0 Å². The van der Waals surface area contributed by atoms with Crippen LogP contribution in [0.3, 0.4) is 0 Å². The molecule has 0 aliphatic heterocycles. The van der Waals surface area contributed by atoms with Crippen LogP contribution in [0.4, 0.5) is 11.5 Å². The van der Waals surface area contributed by atoms with Crippen LogP contribution in [0.5, 0.6) is 0 Å². The summed E-state index contributed by atoms with van der Waals surface area (Å²) in [6, 6.07) is 38.2. The molecule has 11 nitrogen and oxygen atoms in total. The van der Waals surface area contributed by atoms with Crippen LogP contribution in [0.25, 0.3) is 16.9 Å². The molecule has 0 saturated heterocycles. The molecule has 286 valence electrons. The van der Waals surface area contributed by atoms with Crippen LogP contribution >= 0.6 is 0 Å². The first-order valence-electron chi connectivity index (χ1n) is 19.2. The lowest BCUT2D eigenvalue weighted by molar-refractivity contribution is 0.758. The number of pyridine rings is 5. The Kier molecular flexibility index (Phi) is 11.8. The van der Waals surface area contributed by atoms with Crippen LogP contribution < -0.4 is 4.90 Å². The van der Waals surface area contributed by atoms with Gasteiger partial charge < -0.3 is 4.90 Å². The number of nitriles is 1. The monoisotopic (exact) mass is 769 g/mol. The minimum Gasteiger partial charge on any atom is -0.328 e. The Bertz CT molecular complexity index is 2720. The molecule has 0 aliphatic carbocycles.